The molecule has 0 saturated heterocycles. The van der Waals surface area contributed by atoms with Crippen molar-refractivity contribution < 1.29 is 0 Å². The van der Waals surface area contributed by atoms with Crippen LogP contribution in [0.15, 0.2) is 48.5 Å². The highest BCUT2D eigenvalue weighted by atomic mass is 15.0. The summed E-state index contributed by atoms with van der Waals surface area (Å²) in [6.45, 7) is 0. The Labute approximate surface area is 104 Å². The number of aromatic nitrogens is 2. The summed E-state index contributed by atoms with van der Waals surface area (Å²) in [5, 5.41) is 0.912. The molecule has 4 heteroatoms. The van der Waals surface area contributed by atoms with Crippen LogP contribution in [0.5, 0.6) is 0 Å². The van der Waals surface area contributed by atoms with E-state index < -0.39 is 0 Å². The number of fused-ring (bicyclic) bond motifs is 1. The van der Waals surface area contributed by atoms with Gasteiger partial charge in [0.15, 0.2) is 0 Å². The first-order chi connectivity index (χ1) is 8.74. The monoisotopic (exact) mass is 236 g/mol. The molecule has 88 valence electrons. The van der Waals surface area contributed by atoms with Crippen LogP contribution in [0, 0.1) is 0 Å². The third-order valence-electron chi connectivity index (χ3n) is 2.78. The van der Waals surface area contributed by atoms with E-state index in [0.717, 1.165) is 22.2 Å². The van der Waals surface area contributed by atoms with Crippen molar-refractivity contribution in [1.29, 1.82) is 0 Å². The average molecular weight is 236 g/mol. The fourth-order valence-electron chi connectivity index (χ4n) is 1.98. The minimum absolute atomic E-state index is 0.270. The van der Waals surface area contributed by atoms with E-state index in [4.69, 9.17) is 11.5 Å². The smallest absolute Gasteiger partial charge is 0.221 e. The van der Waals surface area contributed by atoms with Crippen LogP contribution in [0.2, 0.25) is 0 Å². The topological polar surface area (TPSA) is 77.8 Å². The zero-order valence-electron chi connectivity index (χ0n) is 9.67. The van der Waals surface area contributed by atoms with Crippen LogP contribution in [0.25, 0.3) is 22.2 Å². The maximum Gasteiger partial charge on any atom is 0.221 e. The van der Waals surface area contributed by atoms with E-state index in [1.54, 1.807) is 0 Å². The molecule has 0 fully saturated rings. The molecule has 0 aliphatic heterocycles. The quantitative estimate of drug-likeness (QED) is 0.636. The molecule has 18 heavy (non-hydrogen) atoms. The Kier molecular flexibility index (Phi) is 2.34. The lowest BCUT2D eigenvalue weighted by atomic mass is 10.1. The number of rotatable bonds is 1. The van der Waals surface area contributed by atoms with Crippen LogP contribution >= 0.6 is 0 Å². The molecule has 0 bridgehead atoms. The summed E-state index contributed by atoms with van der Waals surface area (Å²) in [6.07, 6.45) is 0. The predicted octanol–water partition coefficient (Wildman–Crippen LogP) is 2.46. The highest BCUT2D eigenvalue weighted by Gasteiger charge is 2.08. The predicted molar refractivity (Wildman–Crippen MR) is 73.8 cm³/mol. The Morgan fingerprint density at radius 3 is 2.39 bits per heavy atom. The number of nitrogens with zero attached hydrogens (tertiary/aromatic N) is 2. The van der Waals surface area contributed by atoms with Crippen LogP contribution < -0.4 is 11.5 Å². The van der Waals surface area contributed by atoms with E-state index in [2.05, 4.69) is 9.97 Å². The molecule has 0 unspecified atom stereocenters. The van der Waals surface area contributed by atoms with Crippen LogP contribution in [-0.2, 0) is 0 Å². The van der Waals surface area contributed by atoms with E-state index in [-0.39, 0.29) is 5.95 Å². The van der Waals surface area contributed by atoms with Gasteiger partial charge in [-0.2, -0.15) is 0 Å². The molecule has 4 nitrogen and oxygen atoms in total. The summed E-state index contributed by atoms with van der Waals surface area (Å²) in [7, 11) is 0. The van der Waals surface area contributed by atoms with Gasteiger partial charge in [0.1, 0.15) is 0 Å². The maximum absolute atomic E-state index is 5.82. The van der Waals surface area contributed by atoms with Crippen LogP contribution in [0.4, 0.5) is 11.6 Å². The van der Waals surface area contributed by atoms with E-state index >= 15 is 0 Å². The van der Waals surface area contributed by atoms with Crippen LogP contribution in [0.1, 0.15) is 0 Å². The van der Waals surface area contributed by atoms with Crippen molar-refractivity contribution in [1.82, 2.24) is 9.97 Å². The molecule has 0 atom stereocenters. The molecule has 2 aromatic carbocycles. The summed E-state index contributed by atoms with van der Waals surface area (Å²) in [5.74, 6) is 0.270. The second-order valence-electron chi connectivity index (χ2n) is 4.07. The number of nitrogens with two attached hydrogens (primary N) is 2. The lowest BCUT2D eigenvalue weighted by molar-refractivity contribution is 1.24. The second kappa shape index (κ2) is 4.00. The maximum atomic E-state index is 5.82. The number of nitrogen functional groups attached to an aromatic ring is 2. The van der Waals surface area contributed by atoms with Gasteiger partial charge in [0.2, 0.25) is 5.95 Å². The van der Waals surface area contributed by atoms with Crippen molar-refractivity contribution in [3.8, 4) is 11.3 Å². The number of benzene rings is 2. The zero-order valence-corrected chi connectivity index (χ0v) is 9.67. The van der Waals surface area contributed by atoms with Crippen molar-refractivity contribution >= 4 is 22.5 Å². The van der Waals surface area contributed by atoms with E-state index in [1.807, 2.05) is 48.5 Å². The number of hydrogen-bond acceptors (Lipinski definition) is 4. The molecular formula is C14H12N4. The van der Waals surface area contributed by atoms with Crippen LogP contribution in [-0.4, -0.2) is 9.97 Å². The fourth-order valence-corrected chi connectivity index (χ4v) is 1.98. The normalized spacial score (nSPS) is 10.7. The minimum atomic E-state index is 0.270. The Hall–Kier alpha value is -2.62. The van der Waals surface area contributed by atoms with Crippen molar-refractivity contribution in [3.63, 3.8) is 0 Å². The lowest BCUT2D eigenvalue weighted by Gasteiger charge is -2.07. The van der Waals surface area contributed by atoms with Gasteiger partial charge in [0, 0.05) is 16.6 Å². The molecular weight excluding hydrogens is 224 g/mol. The molecule has 0 saturated carbocycles. The molecule has 0 radical (unpaired) electrons. The SMILES string of the molecule is Nc1ccc2nc(N)nc(-c3ccccc3)c2c1. The summed E-state index contributed by atoms with van der Waals surface area (Å²) >= 11 is 0. The van der Waals surface area contributed by atoms with Gasteiger partial charge in [-0.25, -0.2) is 9.97 Å². The lowest BCUT2D eigenvalue weighted by Crippen LogP contribution is -1.98. The molecule has 0 aliphatic rings. The first-order valence-corrected chi connectivity index (χ1v) is 5.62. The minimum Gasteiger partial charge on any atom is -0.399 e. The Balaban J connectivity index is 2.37. The Bertz CT molecular complexity index is 708. The summed E-state index contributed by atoms with van der Waals surface area (Å²) in [4.78, 5) is 8.54. The number of hydrogen-bond donors (Lipinski definition) is 2. The van der Waals surface area contributed by atoms with Crippen molar-refractivity contribution in [2.24, 2.45) is 0 Å². The van der Waals surface area contributed by atoms with Gasteiger partial charge < -0.3 is 11.5 Å². The summed E-state index contributed by atoms with van der Waals surface area (Å²) in [6, 6.07) is 15.4. The molecule has 0 aliphatic carbocycles. The molecule has 4 N–H and O–H groups in total. The Morgan fingerprint density at radius 2 is 1.61 bits per heavy atom. The van der Waals surface area contributed by atoms with Crippen molar-refractivity contribution in [2.45, 2.75) is 0 Å². The standard InChI is InChI=1S/C14H12N4/c15-10-6-7-12-11(8-10)13(18-14(16)17-12)9-4-2-1-3-5-9/h1-8H,15H2,(H2,16,17,18). The van der Waals surface area contributed by atoms with Gasteiger partial charge >= 0.3 is 0 Å². The highest BCUT2D eigenvalue weighted by Crippen LogP contribution is 2.27. The molecule has 0 spiro atoms. The van der Waals surface area contributed by atoms with E-state index in [0.29, 0.717) is 5.69 Å². The molecule has 1 aromatic heterocycles. The van der Waals surface area contributed by atoms with Crippen molar-refractivity contribution in [2.75, 3.05) is 11.5 Å². The van der Waals surface area contributed by atoms with E-state index in [1.165, 1.54) is 0 Å². The van der Waals surface area contributed by atoms with Crippen LogP contribution in [0.3, 0.4) is 0 Å². The average Bonchev–Trinajstić information content (AvgIpc) is 2.39. The zero-order chi connectivity index (χ0) is 12.5. The van der Waals surface area contributed by atoms with Gasteiger partial charge in [-0.1, -0.05) is 30.3 Å². The third-order valence-corrected chi connectivity index (χ3v) is 2.78. The molecule has 3 rings (SSSR count). The first-order valence-electron chi connectivity index (χ1n) is 5.62. The first kappa shape index (κ1) is 10.5. The van der Waals surface area contributed by atoms with E-state index in [9.17, 15) is 0 Å². The van der Waals surface area contributed by atoms with Gasteiger partial charge in [-0.15, -0.1) is 0 Å². The summed E-state index contributed by atoms with van der Waals surface area (Å²) in [5.41, 5.74) is 14.9. The highest BCUT2D eigenvalue weighted by molar-refractivity contribution is 5.94. The van der Waals surface area contributed by atoms with Gasteiger partial charge in [-0.3, -0.25) is 0 Å². The second-order valence-corrected chi connectivity index (χ2v) is 4.07. The van der Waals surface area contributed by atoms with Crippen molar-refractivity contribution in [3.05, 3.63) is 48.5 Å². The van der Waals surface area contributed by atoms with Gasteiger partial charge in [0.25, 0.3) is 0 Å². The number of anilines is 2. The molecule has 3 aromatic rings. The fraction of sp³-hybridized carbons (Fsp3) is 0. The van der Waals surface area contributed by atoms with Gasteiger partial charge in [-0.05, 0) is 18.2 Å². The van der Waals surface area contributed by atoms with Gasteiger partial charge in [0.05, 0.1) is 11.2 Å². The third kappa shape index (κ3) is 1.73. The summed E-state index contributed by atoms with van der Waals surface area (Å²) < 4.78 is 0. The molecule has 0 amide bonds. The Morgan fingerprint density at radius 1 is 0.833 bits per heavy atom. The largest absolute Gasteiger partial charge is 0.399 e. The molecule has 1 heterocycles.